The number of carbonyl (C=O) groups excluding carboxylic acids is 1. The molecule has 2 aromatic rings. The van der Waals surface area contributed by atoms with E-state index in [0.717, 1.165) is 10.7 Å². The molecule has 1 atom stereocenters. The number of aryl methyl sites for hydroxylation is 1. The molecule has 5 nitrogen and oxygen atoms in total. The van der Waals surface area contributed by atoms with Crippen molar-refractivity contribution >= 4 is 17.2 Å². The summed E-state index contributed by atoms with van der Waals surface area (Å²) < 4.78 is 0. The summed E-state index contributed by atoms with van der Waals surface area (Å²) in [5.41, 5.74) is 2.07. The van der Waals surface area contributed by atoms with Gasteiger partial charge in [0.05, 0.1) is 34.2 Å². The molecule has 2 rings (SSSR count). The van der Waals surface area contributed by atoms with E-state index >= 15 is 0 Å². The zero-order valence-electron chi connectivity index (χ0n) is 12.0. The molecule has 0 aromatic carbocycles. The van der Waals surface area contributed by atoms with Crippen LogP contribution < -0.4 is 5.32 Å². The van der Waals surface area contributed by atoms with Crippen molar-refractivity contribution in [2.75, 3.05) is 0 Å². The fourth-order valence-corrected chi connectivity index (χ4v) is 2.68. The molecule has 6 heteroatoms. The van der Waals surface area contributed by atoms with Crippen LogP contribution in [0.25, 0.3) is 0 Å². The first-order valence-corrected chi connectivity index (χ1v) is 7.41. The van der Waals surface area contributed by atoms with Gasteiger partial charge in [0.15, 0.2) is 0 Å². The Bertz CT molecular complexity index is 609. The molecule has 20 heavy (non-hydrogen) atoms. The van der Waals surface area contributed by atoms with Crippen LogP contribution in [0.5, 0.6) is 0 Å². The number of nitrogens with zero attached hydrogens (tertiary/aromatic N) is 3. The standard InChI is InChI=1S/C14H18N4OS/c1-8(2)14-17-12(7-20-14)10(4)16-13(19)11-5-6-15-18-9(11)3/h5-8,10H,1-4H3,(H,16,19). The fraction of sp³-hybridized carbons (Fsp3) is 0.429. The smallest absolute Gasteiger partial charge is 0.253 e. The number of aromatic nitrogens is 3. The molecular formula is C14H18N4OS. The molecule has 0 aliphatic carbocycles. The van der Waals surface area contributed by atoms with E-state index in [2.05, 4.69) is 34.3 Å². The Balaban J connectivity index is 2.09. The lowest BCUT2D eigenvalue weighted by Gasteiger charge is -2.12. The summed E-state index contributed by atoms with van der Waals surface area (Å²) in [5, 5.41) is 13.7. The lowest BCUT2D eigenvalue weighted by atomic mass is 10.2. The molecule has 0 saturated heterocycles. The second-order valence-electron chi connectivity index (χ2n) is 4.99. The normalized spacial score (nSPS) is 12.4. The molecular weight excluding hydrogens is 272 g/mol. The number of rotatable bonds is 4. The molecule has 2 aromatic heterocycles. The molecule has 1 unspecified atom stereocenters. The van der Waals surface area contributed by atoms with Gasteiger partial charge in [-0.25, -0.2) is 4.98 Å². The van der Waals surface area contributed by atoms with E-state index in [9.17, 15) is 4.79 Å². The summed E-state index contributed by atoms with van der Waals surface area (Å²) in [6.45, 7) is 7.92. The van der Waals surface area contributed by atoms with Crippen molar-refractivity contribution in [3.8, 4) is 0 Å². The summed E-state index contributed by atoms with van der Waals surface area (Å²) in [7, 11) is 0. The number of carbonyl (C=O) groups is 1. The molecule has 106 valence electrons. The Morgan fingerprint density at radius 1 is 1.35 bits per heavy atom. The second-order valence-corrected chi connectivity index (χ2v) is 5.88. The van der Waals surface area contributed by atoms with Gasteiger partial charge in [-0.1, -0.05) is 13.8 Å². The van der Waals surface area contributed by atoms with Gasteiger partial charge in [-0.3, -0.25) is 4.79 Å². The van der Waals surface area contributed by atoms with Crippen LogP contribution in [0.3, 0.4) is 0 Å². The van der Waals surface area contributed by atoms with Gasteiger partial charge in [0.2, 0.25) is 0 Å². The van der Waals surface area contributed by atoms with E-state index in [1.165, 1.54) is 6.20 Å². The van der Waals surface area contributed by atoms with Gasteiger partial charge in [0, 0.05) is 11.3 Å². The van der Waals surface area contributed by atoms with Crippen LogP contribution >= 0.6 is 11.3 Å². The SMILES string of the molecule is Cc1nnccc1C(=O)NC(C)c1csc(C(C)C)n1. The van der Waals surface area contributed by atoms with Crippen molar-refractivity contribution in [3.05, 3.63) is 39.6 Å². The van der Waals surface area contributed by atoms with Crippen LogP contribution in [0.2, 0.25) is 0 Å². The first-order chi connectivity index (χ1) is 9.49. The zero-order valence-corrected chi connectivity index (χ0v) is 12.9. The van der Waals surface area contributed by atoms with Crippen molar-refractivity contribution in [2.24, 2.45) is 0 Å². The van der Waals surface area contributed by atoms with E-state index in [4.69, 9.17) is 0 Å². The second kappa shape index (κ2) is 6.09. The Kier molecular flexibility index (Phi) is 4.44. The predicted octanol–water partition coefficient (Wildman–Crippen LogP) is 2.86. The maximum absolute atomic E-state index is 12.2. The van der Waals surface area contributed by atoms with E-state index < -0.39 is 0 Å². The molecule has 0 radical (unpaired) electrons. The van der Waals surface area contributed by atoms with Crippen LogP contribution in [0, 0.1) is 6.92 Å². The van der Waals surface area contributed by atoms with Crippen LogP contribution in [-0.2, 0) is 0 Å². The highest BCUT2D eigenvalue weighted by molar-refractivity contribution is 7.09. The first kappa shape index (κ1) is 14.6. The summed E-state index contributed by atoms with van der Waals surface area (Å²) in [4.78, 5) is 16.7. The minimum Gasteiger partial charge on any atom is -0.344 e. The molecule has 0 aliphatic heterocycles. The van der Waals surface area contributed by atoms with Crippen LogP contribution in [0.1, 0.15) is 59.5 Å². The zero-order chi connectivity index (χ0) is 14.7. The van der Waals surface area contributed by atoms with E-state index in [0.29, 0.717) is 17.2 Å². The number of hydrogen-bond acceptors (Lipinski definition) is 5. The Morgan fingerprint density at radius 3 is 2.70 bits per heavy atom. The van der Waals surface area contributed by atoms with Gasteiger partial charge in [-0.2, -0.15) is 10.2 Å². The topological polar surface area (TPSA) is 67.8 Å². The molecule has 0 aliphatic rings. The third-order valence-electron chi connectivity index (χ3n) is 2.97. The predicted molar refractivity (Wildman–Crippen MR) is 78.9 cm³/mol. The van der Waals surface area contributed by atoms with Crippen molar-refractivity contribution in [2.45, 2.75) is 39.7 Å². The maximum Gasteiger partial charge on any atom is 0.253 e. The highest BCUT2D eigenvalue weighted by atomic mass is 32.1. The summed E-state index contributed by atoms with van der Waals surface area (Å²) in [6, 6.07) is 1.55. The van der Waals surface area contributed by atoms with Crippen molar-refractivity contribution in [3.63, 3.8) is 0 Å². The van der Waals surface area contributed by atoms with Gasteiger partial charge in [0.25, 0.3) is 5.91 Å². The Labute approximate surface area is 122 Å². The quantitative estimate of drug-likeness (QED) is 0.940. The minimum atomic E-state index is -0.149. The minimum absolute atomic E-state index is 0.126. The number of amides is 1. The Morgan fingerprint density at radius 2 is 2.10 bits per heavy atom. The van der Waals surface area contributed by atoms with E-state index in [1.54, 1.807) is 24.3 Å². The van der Waals surface area contributed by atoms with Crippen LogP contribution in [0.4, 0.5) is 0 Å². The highest BCUT2D eigenvalue weighted by Gasteiger charge is 2.16. The average Bonchev–Trinajstić information content (AvgIpc) is 2.88. The van der Waals surface area contributed by atoms with Gasteiger partial charge >= 0.3 is 0 Å². The first-order valence-electron chi connectivity index (χ1n) is 6.53. The van der Waals surface area contributed by atoms with E-state index in [1.807, 2.05) is 12.3 Å². The number of thiazole rings is 1. The molecule has 2 heterocycles. The monoisotopic (exact) mass is 290 g/mol. The third kappa shape index (κ3) is 3.19. The van der Waals surface area contributed by atoms with Gasteiger partial charge in [-0.05, 0) is 19.9 Å². The lowest BCUT2D eigenvalue weighted by molar-refractivity contribution is 0.0938. The molecule has 0 saturated carbocycles. The van der Waals surface area contributed by atoms with Crippen LogP contribution in [-0.4, -0.2) is 21.1 Å². The van der Waals surface area contributed by atoms with E-state index in [-0.39, 0.29) is 11.9 Å². The lowest BCUT2D eigenvalue weighted by Crippen LogP contribution is -2.27. The number of nitrogens with one attached hydrogen (secondary N) is 1. The van der Waals surface area contributed by atoms with Crippen molar-refractivity contribution < 1.29 is 4.79 Å². The third-order valence-corrected chi connectivity index (χ3v) is 4.14. The van der Waals surface area contributed by atoms with Gasteiger partial charge < -0.3 is 5.32 Å². The number of hydrogen-bond donors (Lipinski definition) is 1. The summed E-state index contributed by atoms with van der Waals surface area (Å²) in [6.07, 6.45) is 1.52. The highest BCUT2D eigenvalue weighted by Crippen LogP contribution is 2.22. The molecule has 1 N–H and O–H groups in total. The largest absolute Gasteiger partial charge is 0.344 e. The molecule has 1 amide bonds. The maximum atomic E-state index is 12.2. The van der Waals surface area contributed by atoms with Gasteiger partial charge in [0.1, 0.15) is 0 Å². The average molecular weight is 290 g/mol. The summed E-state index contributed by atoms with van der Waals surface area (Å²) >= 11 is 1.63. The molecule has 0 spiro atoms. The molecule has 0 bridgehead atoms. The van der Waals surface area contributed by atoms with Gasteiger partial charge in [-0.15, -0.1) is 11.3 Å². The summed E-state index contributed by atoms with van der Waals surface area (Å²) in [5.74, 6) is 0.257. The van der Waals surface area contributed by atoms with Crippen molar-refractivity contribution in [1.82, 2.24) is 20.5 Å². The van der Waals surface area contributed by atoms with Crippen LogP contribution in [0.15, 0.2) is 17.6 Å². The Hall–Kier alpha value is -1.82. The fourth-order valence-electron chi connectivity index (χ4n) is 1.76. The molecule has 0 fully saturated rings. The van der Waals surface area contributed by atoms with Crippen molar-refractivity contribution in [1.29, 1.82) is 0 Å².